The number of ether oxygens (including phenoxy) is 1. The van der Waals surface area contributed by atoms with Crippen LogP contribution in [0.15, 0.2) is 85.2 Å². The Morgan fingerprint density at radius 2 is 1.94 bits per heavy atom. The number of fused-ring (bicyclic) bond motifs is 1. The summed E-state index contributed by atoms with van der Waals surface area (Å²) in [5.74, 6) is 0.0998. The number of amides is 1. The number of thioether (sulfide) groups is 1. The van der Waals surface area contributed by atoms with E-state index in [9.17, 15) is 14.7 Å². The van der Waals surface area contributed by atoms with Gasteiger partial charge >= 0.3 is 5.97 Å². The number of para-hydroxylation sites is 1. The van der Waals surface area contributed by atoms with Crippen molar-refractivity contribution in [3.8, 4) is 17.2 Å². The first-order valence-corrected chi connectivity index (χ1v) is 11.4. The van der Waals surface area contributed by atoms with Gasteiger partial charge in [-0.05, 0) is 49.0 Å². The number of nitrogens with zero attached hydrogens (tertiary/aromatic N) is 3. The molecule has 1 aliphatic heterocycles. The second-order valence-electron chi connectivity index (χ2n) is 7.38. The highest BCUT2D eigenvalue weighted by atomic mass is 32.2. The molecule has 35 heavy (non-hydrogen) atoms. The molecular formula is C25H18N4O5S. The summed E-state index contributed by atoms with van der Waals surface area (Å²) in [7, 11) is 0. The number of aromatic hydroxyl groups is 1. The van der Waals surface area contributed by atoms with Crippen molar-refractivity contribution in [2.24, 2.45) is 15.2 Å². The van der Waals surface area contributed by atoms with Crippen molar-refractivity contribution in [1.82, 2.24) is 4.98 Å². The van der Waals surface area contributed by atoms with Crippen LogP contribution in [0.3, 0.4) is 0 Å². The Kier molecular flexibility index (Phi) is 6.02. The summed E-state index contributed by atoms with van der Waals surface area (Å²) in [6.07, 6.45) is 1.58. The van der Waals surface area contributed by atoms with Crippen LogP contribution in [0.5, 0.6) is 5.88 Å². The first-order chi connectivity index (χ1) is 17.0. The van der Waals surface area contributed by atoms with Crippen molar-refractivity contribution in [2.45, 2.75) is 6.92 Å². The van der Waals surface area contributed by atoms with E-state index in [2.05, 4.69) is 20.2 Å². The number of rotatable bonds is 5. The number of carbonyl (C=O) groups is 2. The van der Waals surface area contributed by atoms with Crippen LogP contribution in [-0.4, -0.2) is 33.7 Å². The van der Waals surface area contributed by atoms with Crippen molar-refractivity contribution in [2.75, 3.05) is 6.61 Å². The number of H-pyrrole nitrogens is 1. The lowest BCUT2D eigenvalue weighted by molar-refractivity contribution is -0.113. The first kappa shape index (κ1) is 22.4. The maximum atomic E-state index is 12.3. The van der Waals surface area contributed by atoms with E-state index in [1.54, 1.807) is 55.5 Å². The number of nitrogens with one attached hydrogen (secondary N) is 1. The number of hydrogen-bond acceptors (Lipinski definition) is 8. The number of furan rings is 1. The minimum atomic E-state index is -0.455. The molecule has 2 N–H and O–H groups in total. The Balaban J connectivity index is 1.29. The lowest BCUT2D eigenvalue weighted by Crippen LogP contribution is -2.03. The molecule has 1 amide bonds. The number of aromatic amines is 1. The molecule has 5 rings (SSSR count). The molecular weight excluding hydrogens is 468 g/mol. The van der Waals surface area contributed by atoms with E-state index in [1.165, 1.54) is 0 Å². The van der Waals surface area contributed by atoms with Crippen LogP contribution in [-0.2, 0) is 9.53 Å². The van der Waals surface area contributed by atoms with Crippen LogP contribution in [0.25, 0.3) is 28.3 Å². The Hall–Kier alpha value is -4.44. The number of hydrogen-bond donors (Lipinski definition) is 2. The minimum Gasteiger partial charge on any atom is -0.493 e. The minimum absolute atomic E-state index is 0.112. The van der Waals surface area contributed by atoms with Crippen molar-refractivity contribution in [3.63, 3.8) is 0 Å². The van der Waals surface area contributed by atoms with E-state index >= 15 is 0 Å². The van der Waals surface area contributed by atoms with E-state index in [0.717, 1.165) is 22.8 Å². The summed E-state index contributed by atoms with van der Waals surface area (Å²) < 4.78 is 10.8. The van der Waals surface area contributed by atoms with Crippen LogP contribution in [0.2, 0.25) is 0 Å². The van der Waals surface area contributed by atoms with Crippen LogP contribution >= 0.6 is 11.8 Å². The molecule has 0 aliphatic carbocycles. The fourth-order valence-corrected chi connectivity index (χ4v) is 4.16. The molecule has 0 saturated carbocycles. The van der Waals surface area contributed by atoms with Gasteiger partial charge in [-0.25, -0.2) is 4.79 Å². The molecule has 0 fully saturated rings. The quantitative estimate of drug-likeness (QED) is 0.200. The fourth-order valence-electron chi connectivity index (χ4n) is 3.45. The maximum absolute atomic E-state index is 12.3. The van der Waals surface area contributed by atoms with E-state index in [0.29, 0.717) is 34.0 Å². The second-order valence-corrected chi connectivity index (χ2v) is 8.39. The molecule has 2 aromatic heterocycles. The summed E-state index contributed by atoms with van der Waals surface area (Å²) in [6.45, 7) is 2.07. The van der Waals surface area contributed by atoms with Gasteiger partial charge in [0.1, 0.15) is 11.5 Å². The zero-order valence-electron chi connectivity index (χ0n) is 18.4. The van der Waals surface area contributed by atoms with E-state index in [1.807, 2.05) is 18.2 Å². The molecule has 0 atom stereocenters. The Morgan fingerprint density at radius 3 is 2.74 bits per heavy atom. The summed E-state index contributed by atoms with van der Waals surface area (Å²) in [6, 6.07) is 17.7. The molecule has 0 spiro atoms. The molecule has 3 heterocycles. The Labute approximate surface area is 203 Å². The molecule has 174 valence electrons. The molecule has 4 aromatic rings. The Bertz CT molecular complexity index is 1530. The molecule has 0 saturated heterocycles. The van der Waals surface area contributed by atoms with Crippen LogP contribution in [0.1, 0.15) is 23.0 Å². The van der Waals surface area contributed by atoms with Crippen molar-refractivity contribution >= 4 is 51.5 Å². The standard InChI is InChI=1S/C25H18N4O5S/c1-2-33-24(32)15-9-7-14(8-10-15)19-12-11-16(34-19)13-20-22(30)27-25(35-20)29-28-21-17-5-3-4-6-18(17)26-23(21)31/h3-13,26,31H,2H2,1H3. The summed E-state index contributed by atoms with van der Waals surface area (Å²) >= 11 is 1.06. The number of amidine groups is 1. The number of azo groups is 1. The van der Waals surface area contributed by atoms with Gasteiger partial charge in [0.2, 0.25) is 11.0 Å². The normalized spacial score (nSPS) is 14.8. The fraction of sp³-hybridized carbons (Fsp3) is 0.0800. The second kappa shape index (κ2) is 9.43. The zero-order valence-corrected chi connectivity index (χ0v) is 19.2. The molecule has 0 unspecified atom stereocenters. The summed E-state index contributed by atoms with van der Waals surface area (Å²) in [5.41, 5.74) is 2.23. The third-order valence-electron chi connectivity index (χ3n) is 5.09. The monoisotopic (exact) mass is 486 g/mol. The molecule has 9 nitrogen and oxygen atoms in total. The van der Waals surface area contributed by atoms with Crippen LogP contribution in [0.4, 0.5) is 5.69 Å². The van der Waals surface area contributed by atoms with Gasteiger partial charge in [-0.15, -0.1) is 10.2 Å². The van der Waals surface area contributed by atoms with Gasteiger partial charge in [0.25, 0.3) is 5.91 Å². The predicted molar refractivity (Wildman–Crippen MR) is 133 cm³/mol. The molecule has 2 aromatic carbocycles. The summed E-state index contributed by atoms with van der Waals surface area (Å²) in [5, 5.41) is 19.1. The number of aliphatic imine (C=N–C) groups is 1. The third-order valence-corrected chi connectivity index (χ3v) is 5.95. The number of benzene rings is 2. The molecule has 0 bridgehead atoms. The first-order valence-electron chi connectivity index (χ1n) is 10.6. The van der Waals surface area contributed by atoms with Gasteiger partial charge in [0.05, 0.1) is 22.6 Å². The zero-order chi connectivity index (χ0) is 24.4. The topological polar surface area (TPSA) is 130 Å². The molecule has 1 aliphatic rings. The van der Waals surface area contributed by atoms with Crippen LogP contribution in [0, 0.1) is 0 Å². The van der Waals surface area contributed by atoms with Gasteiger partial charge in [-0.2, -0.15) is 4.99 Å². The number of esters is 1. The SMILES string of the molecule is CCOC(=O)c1ccc(-c2ccc(C=C3SC(N=Nc4c(O)[nH]c5ccccc45)=NC3=O)o2)cc1. The average Bonchev–Trinajstić information content (AvgIpc) is 3.55. The predicted octanol–water partition coefficient (Wildman–Crippen LogP) is 6.06. The van der Waals surface area contributed by atoms with Gasteiger partial charge in [0, 0.05) is 17.0 Å². The molecule has 10 heteroatoms. The maximum Gasteiger partial charge on any atom is 0.338 e. The van der Waals surface area contributed by atoms with Gasteiger partial charge in [-0.1, -0.05) is 30.3 Å². The smallest absolute Gasteiger partial charge is 0.338 e. The highest BCUT2D eigenvalue weighted by Gasteiger charge is 2.23. The van der Waals surface area contributed by atoms with Gasteiger partial charge in [0.15, 0.2) is 5.69 Å². The average molecular weight is 487 g/mol. The van der Waals surface area contributed by atoms with Crippen LogP contribution < -0.4 is 0 Å². The van der Waals surface area contributed by atoms with E-state index in [-0.39, 0.29) is 22.7 Å². The van der Waals surface area contributed by atoms with Gasteiger partial charge < -0.3 is 19.2 Å². The van der Waals surface area contributed by atoms with Gasteiger partial charge in [-0.3, -0.25) is 4.79 Å². The largest absolute Gasteiger partial charge is 0.493 e. The van der Waals surface area contributed by atoms with Crippen molar-refractivity contribution in [1.29, 1.82) is 0 Å². The Morgan fingerprint density at radius 1 is 1.14 bits per heavy atom. The highest BCUT2D eigenvalue weighted by molar-refractivity contribution is 8.18. The number of carbonyl (C=O) groups excluding carboxylic acids is 2. The lowest BCUT2D eigenvalue weighted by atomic mass is 10.1. The van der Waals surface area contributed by atoms with E-state index < -0.39 is 5.91 Å². The van der Waals surface area contributed by atoms with E-state index in [4.69, 9.17) is 9.15 Å². The van der Waals surface area contributed by atoms with Crippen molar-refractivity contribution < 1.29 is 23.8 Å². The summed E-state index contributed by atoms with van der Waals surface area (Å²) in [4.78, 5) is 31.2. The third kappa shape index (κ3) is 4.64. The highest BCUT2D eigenvalue weighted by Crippen LogP contribution is 2.37. The number of aromatic nitrogens is 1. The molecule has 0 radical (unpaired) electrons. The van der Waals surface area contributed by atoms with Crippen molar-refractivity contribution in [3.05, 3.63) is 76.9 Å². The lowest BCUT2D eigenvalue weighted by Gasteiger charge is -2.02.